The maximum Gasteiger partial charge on any atom is 0.261 e. The van der Waals surface area contributed by atoms with Crippen LogP contribution in [-0.4, -0.2) is 19.3 Å². The van der Waals surface area contributed by atoms with Crippen LogP contribution in [0.5, 0.6) is 0 Å². The number of benzene rings is 2. The zero-order chi connectivity index (χ0) is 19.6. The molecule has 0 bridgehead atoms. The van der Waals surface area contributed by atoms with Crippen LogP contribution >= 0.6 is 11.3 Å². The molecule has 0 atom stereocenters. The van der Waals surface area contributed by atoms with Crippen molar-refractivity contribution in [3.05, 3.63) is 89.6 Å². The summed E-state index contributed by atoms with van der Waals surface area (Å²) in [7, 11) is -3.54. The molecule has 0 aliphatic heterocycles. The molecule has 5 nitrogen and oxygen atoms in total. The SMILES string of the molecule is O=C(NCc1ccc(S(=O)(=O)c2ccccc2)cc1)c1cc2ccncc2s1. The molecule has 0 saturated carbocycles. The number of thiophene rings is 1. The fraction of sp³-hybridized carbons (Fsp3) is 0.0476. The number of nitrogens with zero attached hydrogens (tertiary/aromatic N) is 1. The quantitative estimate of drug-likeness (QED) is 0.540. The lowest BCUT2D eigenvalue weighted by molar-refractivity contribution is 0.0955. The van der Waals surface area contributed by atoms with Crippen LogP contribution in [0.1, 0.15) is 15.2 Å². The molecule has 4 rings (SSSR count). The van der Waals surface area contributed by atoms with Crippen LogP contribution in [0.4, 0.5) is 0 Å². The second-order valence-electron chi connectivity index (χ2n) is 6.17. The molecule has 140 valence electrons. The topological polar surface area (TPSA) is 76.1 Å². The predicted molar refractivity (Wildman–Crippen MR) is 109 cm³/mol. The van der Waals surface area contributed by atoms with Gasteiger partial charge >= 0.3 is 0 Å². The first-order valence-electron chi connectivity index (χ1n) is 8.55. The van der Waals surface area contributed by atoms with Gasteiger partial charge in [0.25, 0.3) is 5.91 Å². The lowest BCUT2D eigenvalue weighted by Crippen LogP contribution is -2.21. The lowest BCUT2D eigenvalue weighted by atomic mass is 10.2. The Morgan fingerprint density at radius 1 is 0.964 bits per heavy atom. The molecule has 7 heteroatoms. The van der Waals surface area contributed by atoms with Crippen molar-refractivity contribution >= 4 is 37.2 Å². The van der Waals surface area contributed by atoms with Crippen molar-refractivity contribution in [2.75, 3.05) is 0 Å². The molecule has 0 radical (unpaired) electrons. The molecule has 0 spiro atoms. The highest BCUT2D eigenvalue weighted by Crippen LogP contribution is 2.24. The Morgan fingerprint density at radius 3 is 2.39 bits per heavy atom. The van der Waals surface area contributed by atoms with E-state index in [1.165, 1.54) is 11.3 Å². The Labute approximate surface area is 166 Å². The molecular weight excluding hydrogens is 392 g/mol. The van der Waals surface area contributed by atoms with Crippen molar-refractivity contribution in [3.8, 4) is 0 Å². The smallest absolute Gasteiger partial charge is 0.261 e. The van der Waals surface area contributed by atoms with Gasteiger partial charge < -0.3 is 5.32 Å². The maximum absolute atomic E-state index is 12.6. The average Bonchev–Trinajstić information content (AvgIpc) is 3.17. The van der Waals surface area contributed by atoms with Gasteiger partial charge in [0.1, 0.15) is 0 Å². The van der Waals surface area contributed by atoms with E-state index in [1.54, 1.807) is 67.0 Å². The zero-order valence-corrected chi connectivity index (χ0v) is 16.3. The van der Waals surface area contributed by atoms with Crippen molar-refractivity contribution in [2.24, 2.45) is 0 Å². The van der Waals surface area contributed by atoms with Gasteiger partial charge in [-0.05, 0) is 47.3 Å². The number of hydrogen-bond donors (Lipinski definition) is 1. The third-order valence-corrected chi connectivity index (χ3v) is 7.16. The summed E-state index contributed by atoms with van der Waals surface area (Å²) >= 11 is 1.39. The second kappa shape index (κ2) is 7.53. The lowest BCUT2D eigenvalue weighted by Gasteiger charge is -2.07. The Balaban J connectivity index is 1.45. The minimum absolute atomic E-state index is 0.165. The van der Waals surface area contributed by atoms with Gasteiger partial charge in [-0.15, -0.1) is 11.3 Å². The molecule has 2 heterocycles. The molecule has 28 heavy (non-hydrogen) atoms. The van der Waals surface area contributed by atoms with Crippen LogP contribution in [0.3, 0.4) is 0 Å². The molecule has 4 aromatic rings. The summed E-state index contributed by atoms with van der Waals surface area (Å²) in [5, 5.41) is 3.85. The first kappa shape index (κ1) is 18.3. The van der Waals surface area contributed by atoms with E-state index in [0.717, 1.165) is 15.6 Å². The molecular formula is C21H16N2O3S2. The number of fused-ring (bicyclic) bond motifs is 1. The van der Waals surface area contributed by atoms with Gasteiger partial charge in [0.15, 0.2) is 0 Å². The van der Waals surface area contributed by atoms with Crippen LogP contribution in [0, 0.1) is 0 Å². The van der Waals surface area contributed by atoms with Gasteiger partial charge in [-0.2, -0.15) is 0 Å². The van der Waals surface area contributed by atoms with E-state index in [4.69, 9.17) is 0 Å². The largest absolute Gasteiger partial charge is 0.347 e. The molecule has 2 aromatic carbocycles. The summed E-state index contributed by atoms with van der Waals surface area (Å²) in [6.07, 6.45) is 3.43. The van der Waals surface area contributed by atoms with E-state index >= 15 is 0 Å². The minimum Gasteiger partial charge on any atom is -0.347 e. The molecule has 0 fully saturated rings. The number of sulfone groups is 1. The van der Waals surface area contributed by atoms with E-state index in [0.29, 0.717) is 11.4 Å². The summed E-state index contributed by atoms with van der Waals surface area (Å²) in [4.78, 5) is 17.5. The van der Waals surface area contributed by atoms with Gasteiger partial charge in [0, 0.05) is 18.9 Å². The van der Waals surface area contributed by atoms with Crippen LogP contribution in [0.2, 0.25) is 0 Å². The fourth-order valence-electron chi connectivity index (χ4n) is 2.79. The van der Waals surface area contributed by atoms with Crippen LogP contribution in [0.25, 0.3) is 10.1 Å². The summed E-state index contributed by atoms with van der Waals surface area (Å²) in [6.45, 7) is 0.316. The van der Waals surface area contributed by atoms with Crippen molar-refractivity contribution in [3.63, 3.8) is 0 Å². The fourth-order valence-corrected chi connectivity index (χ4v) is 5.02. The number of aromatic nitrogens is 1. The maximum atomic E-state index is 12.6. The van der Waals surface area contributed by atoms with Crippen molar-refractivity contribution in [1.82, 2.24) is 10.3 Å². The number of pyridine rings is 1. The van der Waals surface area contributed by atoms with Crippen LogP contribution < -0.4 is 5.32 Å². The Hall–Kier alpha value is -3.03. The van der Waals surface area contributed by atoms with Gasteiger partial charge in [-0.25, -0.2) is 8.42 Å². The van der Waals surface area contributed by atoms with Crippen molar-refractivity contribution in [1.29, 1.82) is 0 Å². The summed E-state index contributed by atoms with van der Waals surface area (Å²) < 4.78 is 26.2. The number of hydrogen-bond acceptors (Lipinski definition) is 5. The summed E-state index contributed by atoms with van der Waals surface area (Å²) in [5.41, 5.74) is 0.822. The second-order valence-corrected chi connectivity index (χ2v) is 9.20. The average molecular weight is 409 g/mol. The van der Waals surface area contributed by atoms with E-state index in [1.807, 2.05) is 12.1 Å². The molecule has 1 amide bonds. The molecule has 0 saturated heterocycles. The summed E-state index contributed by atoms with van der Waals surface area (Å²) in [6, 6.07) is 18.6. The molecule has 0 unspecified atom stereocenters. The number of amides is 1. The van der Waals surface area contributed by atoms with E-state index in [-0.39, 0.29) is 15.7 Å². The highest BCUT2D eigenvalue weighted by atomic mass is 32.2. The van der Waals surface area contributed by atoms with Gasteiger partial charge in [-0.3, -0.25) is 9.78 Å². The first-order chi connectivity index (χ1) is 13.5. The van der Waals surface area contributed by atoms with E-state index in [2.05, 4.69) is 10.3 Å². The normalized spacial score (nSPS) is 11.4. The van der Waals surface area contributed by atoms with Crippen molar-refractivity contribution < 1.29 is 13.2 Å². The van der Waals surface area contributed by atoms with Crippen molar-refractivity contribution in [2.45, 2.75) is 16.3 Å². The van der Waals surface area contributed by atoms with Crippen LogP contribution in [0.15, 0.2) is 88.9 Å². The molecule has 1 N–H and O–H groups in total. The number of carbonyl (C=O) groups is 1. The Bertz CT molecular complexity index is 1200. The zero-order valence-electron chi connectivity index (χ0n) is 14.7. The first-order valence-corrected chi connectivity index (χ1v) is 10.8. The highest BCUT2D eigenvalue weighted by Gasteiger charge is 2.17. The van der Waals surface area contributed by atoms with Gasteiger partial charge in [-0.1, -0.05) is 30.3 Å². The molecule has 0 aliphatic rings. The predicted octanol–water partition coefficient (Wildman–Crippen LogP) is 4.06. The van der Waals surface area contributed by atoms with Crippen LogP contribution in [-0.2, 0) is 16.4 Å². The number of carbonyl (C=O) groups excluding carboxylic acids is 1. The standard InChI is InChI=1S/C21H16N2O3S2/c24-21(19-12-16-10-11-22-14-20(16)27-19)23-13-15-6-8-18(9-7-15)28(25,26)17-4-2-1-3-5-17/h1-12,14H,13H2,(H,23,24). The summed E-state index contributed by atoms with van der Waals surface area (Å²) in [5.74, 6) is -0.165. The number of nitrogens with one attached hydrogen (secondary N) is 1. The molecule has 2 aromatic heterocycles. The Morgan fingerprint density at radius 2 is 1.68 bits per heavy atom. The highest BCUT2D eigenvalue weighted by molar-refractivity contribution is 7.91. The van der Waals surface area contributed by atoms with Gasteiger partial charge in [0.05, 0.1) is 19.4 Å². The van der Waals surface area contributed by atoms with E-state index in [9.17, 15) is 13.2 Å². The number of rotatable bonds is 5. The molecule has 0 aliphatic carbocycles. The Kier molecular flexibility index (Phi) is 4.93. The van der Waals surface area contributed by atoms with Gasteiger partial charge in [0.2, 0.25) is 9.84 Å². The third kappa shape index (κ3) is 3.67. The van der Waals surface area contributed by atoms with E-state index < -0.39 is 9.84 Å². The minimum atomic E-state index is -3.54. The monoisotopic (exact) mass is 408 g/mol. The third-order valence-electron chi connectivity index (χ3n) is 4.29.